The molecule has 0 aliphatic carbocycles. The molecule has 0 saturated heterocycles. The number of halogens is 1. The number of primary amides is 1. The molecular formula is C25H28ClN5O3S. The molecule has 0 aliphatic rings. The summed E-state index contributed by atoms with van der Waals surface area (Å²) < 4.78 is 3.96. The first-order valence-electron chi connectivity index (χ1n) is 11.1. The van der Waals surface area contributed by atoms with Gasteiger partial charge in [-0.15, -0.1) is 0 Å². The number of nitrogens with one attached hydrogen (secondary N) is 1. The minimum atomic E-state index is -0.981. The highest BCUT2D eigenvalue weighted by Gasteiger charge is 2.34. The molecule has 2 aromatic carbocycles. The van der Waals surface area contributed by atoms with Crippen LogP contribution in [0, 0.1) is 5.92 Å². The van der Waals surface area contributed by atoms with Gasteiger partial charge in [-0.1, -0.05) is 67.9 Å². The third-order valence-corrected chi connectivity index (χ3v) is 6.48. The van der Waals surface area contributed by atoms with Crippen molar-refractivity contribution in [3.05, 3.63) is 81.3 Å². The lowest BCUT2D eigenvalue weighted by molar-refractivity contribution is -0.126. The van der Waals surface area contributed by atoms with Crippen molar-refractivity contribution >= 4 is 46.5 Å². The predicted octanol–water partition coefficient (Wildman–Crippen LogP) is 4.02. The van der Waals surface area contributed by atoms with E-state index in [9.17, 15) is 14.4 Å². The summed E-state index contributed by atoms with van der Waals surface area (Å²) in [5, 5.41) is 3.46. The van der Waals surface area contributed by atoms with Gasteiger partial charge in [0.05, 0.1) is 5.69 Å². The molecule has 1 aromatic heterocycles. The summed E-state index contributed by atoms with van der Waals surface area (Å²) in [7, 11) is 0. The number of anilines is 1. The maximum absolute atomic E-state index is 13.8. The Morgan fingerprint density at radius 1 is 1.09 bits per heavy atom. The number of nitrogen functional groups attached to an aromatic ring is 1. The third-order valence-electron chi connectivity index (χ3n) is 5.38. The highest BCUT2D eigenvalue weighted by Crippen LogP contribution is 2.31. The van der Waals surface area contributed by atoms with Crippen LogP contribution in [0.2, 0.25) is 5.02 Å². The van der Waals surface area contributed by atoms with Crippen molar-refractivity contribution in [2.45, 2.75) is 32.9 Å². The smallest absolute Gasteiger partial charge is 0.270 e. The van der Waals surface area contributed by atoms with Crippen molar-refractivity contribution < 1.29 is 14.4 Å². The molecule has 3 amide bonds. The minimum Gasteiger partial charge on any atom is -0.395 e. The Morgan fingerprint density at radius 3 is 2.31 bits per heavy atom. The average molecular weight is 514 g/mol. The summed E-state index contributed by atoms with van der Waals surface area (Å²) >= 11 is 6.87. The first-order chi connectivity index (χ1) is 16.7. The van der Waals surface area contributed by atoms with Crippen molar-refractivity contribution in [3.63, 3.8) is 0 Å². The highest BCUT2D eigenvalue weighted by molar-refractivity contribution is 7.09. The zero-order chi connectivity index (χ0) is 25.5. The SMILES string of the molecule is CC(C)CCNC(=O)C(c1ccc(Cl)cc1)N(Cc1ccccc1)C(=O)c1snc(C(N)=O)c1N. The van der Waals surface area contributed by atoms with Crippen molar-refractivity contribution in [1.29, 1.82) is 0 Å². The Kier molecular flexibility index (Phi) is 8.84. The molecule has 0 aliphatic heterocycles. The van der Waals surface area contributed by atoms with Crippen LogP contribution in [0.4, 0.5) is 5.69 Å². The number of nitrogens with zero attached hydrogens (tertiary/aromatic N) is 2. The zero-order valence-electron chi connectivity index (χ0n) is 19.5. The molecule has 10 heteroatoms. The summed E-state index contributed by atoms with van der Waals surface area (Å²) in [6, 6.07) is 15.1. The van der Waals surface area contributed by atoms with E-state index in [1.807, 2.05) is 30.3 Å². The van der Waals surface area contributed by atoms with E-state index in [4.69, 9.17) is 23.1 Å². The first-order valence-corrected chi connectivity index (χ1v) is 12.3. The fourth-order valence-corrected chi connectivity index (χ4v) is 4.41. The van der Waals surface area contributed by atoms with Crippen molar-refractivity contribution in [2.24, 2.45) is 11.7 Å². The van der Waals surface area contributed by atoms with E-state index in [-0.39, 0.29) is 28.7 Å². The van der Waals surface area contributed by atoms with Crippen molar-refractivity contribution in [1.82, 2.24) is 14.6 Å². The summed E-state index contributed by atoms with van der Waals surface area (Å²) in [6.07, 6.45) is 0.787. The highest BCUT2D eigenvalue weighted by atomic mass is 35.5. The van der Waals surface area contributed by atoms with Crippen LogP contribution in [0.25, 0.3) is 0 Å². The van der Waals surface area contributed by atoms with E-state index in [0.29, 0.717) is 23.0 Å². The normalized spacial score (nSPS) is 11.8. The van der Waals surface area contributed by atoms with Gasteiger partial charge in [0.25, 0.3) is 11.8 Å². The molecule has 184 valence electrons. The summed E-state index contributed by atoms with van der Waals surface area (Å²) in [5.41, 5.74) is 12.5. The second-order valence-electron chi connectivity index (χ2n) is 8.48. The Balaban J connectivity index is 2.07. The number of hydrogen-bond acceptors (Lipinski definition) is 6. The van der Waals surface area contributed by atoms with Gasteiger partial charge in [-0.2, -0.15) is 4.37 Å². The maximum Gasteiger partial charge on any atom is 0.270 e. The van der Waals surface area contributed by atoms with E-state index in [1.165, 1.54) is 4.90 Å². The molecule has 5 N–H and O–H groups in total. The molecule has 1 atom stereocenters. The molecule has 1 heterocycles. The molecule has 3 rings (SSSR count). The van der Waals surface area contributed by atoms with Crippen molar-refractivity contribution in [3.8, 4) is 0 Å². The number of amides is 3. The summed E-state index contributed by atoms with van der Waals surface area (Å²) in [6.45, 7) is 4.71. The Hall–Kier alpha value is -3.43. The largest absolute Gasteiger partial charge is 0.395 e. The lowest BCUT2D eigenvalue weighted by Crippen LogP contribution is -2.43. The third kappa shape index (κ3) is 6.58. The van der Waals surface area contributed by atoms with E-state index < -0.39 is 17.9 Å². The minimum absolute atomic E-state index is 0.0451. The van der Waals surface area contributed by atoms with Crippen LogP contribution >= 0.6 is 23.1 Å². The molecular weight excluding hydrogens is 486 g/mol. The summed E-state index contributed by atoms with van der Waals surface area (Å²) in [4.78, 5) is 40.5. The van der Waals surface area contributed by atoms with Gasteiger partial charge in [0.15, 0.2) is 5.69 Å². The van der Waals surface area contributed by atoms with E-state index in [2.05, 4.69) is 23.5 Å². The number of carbonyl (C=O) groups is 3. The average Bonchev–Trinajstić information content (AvgIpc) is 3.21. The number of benzene rings is 2. The van der Waals surface area contributed by atoms with E-state index in [0.717, 1.165) is 23.5 Å². The van der Waals surface area contributed by atoms with Crippen LogP contribution in [-0.2, 0) is 11.3 Å². The molecule has 0 saturated carbocycles. The molecule has 3 aromatic rings. The van der Waals surface area contributed by atoms with Gasteiger partial charge in [-0.3, -0.25) is 14.4 Å². The monoisotopic (exact) mass is 513 g/mol. The number of carbonyl (C=O) groups excluding carboxylic acids is 3. The zero-order valence-corrected chi connectivity index (χ0v) is 21.1. The molecule has 1 unspecified atom stereocenters. The van der Waals surface area contributed by atoms with Gasteiger partial charge in [-0.05, 0) is 47.1 Å². The molecule has 35 heavy (non-hydrogen) atoms. The second kappa shape index (κ2) is 11.8. The molecule has 0 spiro atoms. The number of hydrogen-bond donors (Lipinski definition) is 3. The topological polar surface area (TPSA) is 131 Å². The van der Waals surface area contributed by atoms with E-state index >= 15 is 0 Å². The predicted molar refractivity (Wildman–Crippen MR) is 138 cm³/mol. The van der Waals surface area contributed by atoms with Gasteiger partial charge in [0, 0.05) is 18.1 Å². The number of aromatic nitrogens is 1. The van der Waals surface area contributed by atoms with Crippen LogP contribution < -0.4 is 16.8 Å². The van der Waals surface area contributed by atoms with Crippen LogP contribution in [-0.4, -0.2) is 33.5 Å². The Labute approximate surface area is 213 Å². The van der Waals surface area contributed by atoms with E-state index in [1.54, 1.807) is 24.3 Å². The quantitative estimate of drug-likeness (QED) is 0.376. The Morgan fingerprint density at radius 2 is 1.74 bits per heavy atom. The molecule has 0 fully saturated rings. The van der Waals surface area contributed by atoms with Crippen LogP contribution in [0.15, 0.2) is 54.6 Å². The van der Waals surface area contributed by atoms with Gasteiger partial charge < -0.3 is 21.7 Å². The number of nitrogens with two attached hydrogens (primary N) is 2. The van der Waals surface area contributed by atoms with Gasteiger partial charge >= 0.3 is 0 Å². The van der Waals surface area contributed by atoms with Crippen LogP contribution in [0.3, 0.4) is 0 Å². The fraction of sp³-hybridized carbons (Fsp3) is 0.280. The lowest BCUT2D eigenvalue weighted by Gasteiger charge is -2.31. The maximum atomic E-state index is 13.8. The molecule has 8 nitrogen and oxygen atoms in total. The summed E-state index contributed by atoms with van der Waals surface area (Å²) in [5.74, 6) is -1.30. The first kappa shape index (κ1) is 26.2. The van der Waals surface area contributed by atoms with Gasteiger partial charge in [-0.25, -0.2) is 0 Å². The van der Waals surface area contributed by atoms with Gasteiger partial charge in [0.1, 0.15) is 10.9 Å². The lowest BCUT2D eigenvalue weighted by atomic mass is 10.0. The van der Waals surface area contributed by atoms with Crippen LogP contribution in [0.5, 0.6) is 0 Å². The second-order valence-corrected chi connectivity index (χ2v) is 9.69. The van der Waals surface area contributed by atoms with Gasteiger partial charge in [0.2, 0.25) is 5.91 Å². The molecule has 0 bridgehead atoms. The van der Waals surface area contributed by atoms with Crippen LogP contribution in [0.1, 0.15) is 57.6 Å². The number of rotatable bonds is 10. The van der Waals surface area contributed by atoms with Crippen molar-refractivity contribution in [2.75, 3.05) is 12.3 Å². The Bertz CT molecular complexity index is 1180. The fourth-order valence-electron chi connectivity index (χ4n) is 3.52. The standard InChI is InChI=1S/C25H28ClN5O3S/c1-15(2)12-13-29-24(33)21(17-8-10-18(26)11-9-17)31(14-16-6-4-3-5-7-16)25(34)22-19(27)20(23(28)32)30-35-22/h3-11,15,21H,12-14,27H2,1-2H3,(H2,28,32)(H,29,33). The molecule has 0 radical (unpaired) electrons.